The highest BCUT2D eigenvalue weighted by Crippen LogP contribution is 2.36. The fourth-order valence-electron chi connectivity index (χ4n) is 4.48. The summed E-state index contributed by atoms with van der Waals surface area (Å²) in [4.78, 5) is 13.7. The predicted octanol–water partition coefficient (Wildman–Crippen LogP) is 2.25. The van der Waals surface area contributed by atoms with Crippen LogP contribution in [0.1, 0.15) is 22.5 Å². The quantitative estimate of drug-likeness (QED) is 0.806. The third-order valence-electron chi connectivity index (χ3n) is 6.11. The van der Waals surface area contributed by atoms with E-state index in [1.165, 1.54) is 22.6 Å². The Hall–Kier alpha value is -1.89. The minimum absolute atomic E-state index is 0.678. The van der Waals surface area contributed by atoms with Crippen LogP contribution in [0.3, 0.4) is 0 Å². The van der Waals surface area contributed by atoms with Gasteiger partial charge >= 0.3 is 0 Å². The zero-order valence-corrected chi connectivity index (χ0v) is 16.2. The van der Waals surface area contributed by atoms with Crippen molar-refractivity contribution in [1.82, 2.24) is 20.2 Å². The summed E-state index contributed by atoms with van der Waals surface area (Å²) in [5, 5.41) is 9.05. The highest BCUT2D eigenvalue weighted by atomic mass is 32.2. The Kier molecular flexibility index (Phi) is 3.99. The average Bonchev–Trinajstić information content (AvgIpc) is 3.23. The SMILES string of the molecule is Cc1ncnc(N2CC3CN(c4cc5c(nn4)CCSC5)CC3C2)c1C. The maximum atomic E-state index is 4.55. The second-order valence-corrected chi connectivity index (χ2v) is 8.82. The van der Waals surface area contributed by atoms with Crippen LogP contribution in [0, 0.1) is 25.7 Å². The minimum atomic E-state index is 0.678. The average molecular weight is 369 g/mol. The second kappa shape index (κ2) is 6.37. The summed E-state index contributed by atoms with van der Waals surface area (Å²) < 4.78 is 0. The lowest BCUT2D eigenvalue weighted by Gasteiger charge is -2.25. The molecule has 0 spiro atoms. The molecular weight excluding hydrogens is 344 g/mol. The van der Waals surface area contributed by atoms with Gasteiger partial charge < -0.3 is 9.80 Å². The molecule has 136 valence electrons. The summed E-state index contributed by atoms with van der Waals surface area (Å²) >= 11 is 2.00. The maximum Gasteiger partial charge on any atom is 0.151 e. The van der Waals surface area contributed by atoms with Gasteiger partial charge in [0.15, 0.2) is 5.82 Å². The van der Waals surface area contributed by atoms with E-state index in [-0.39, 0.29) is 0 Å². The number of rotatable bonds is 2. The van der Waals surface area contributed by atoms with Crippen LogP contribution in [0.4, 0.5) is 11.6 Å². The van der Waals surface area contributed by atoms with E-state index < -0.39 is 0 Å². The molecule has 0 aromatic carbocycles. The van der Waals surface area contributed by atoms with Gasteiger partial charge in [-0.3, -0.25) is 0 Å². The van der Waals surface area contributed by atoms with Gasteiger partial charge in [-0.2, -0.15) is 16.9 Å². The highest BCUT2D eigenvalue weighted by Gasteiger charge is 2.41. The molecule has 2 unspecified atom stereocenters. The van der Waals surface area contributed by atoms with Gasteiger partial charge in [-0.25, -0.2) is 9.97 Å². The first-order chi connectivity index (χ1) is 12.7. The van der Waals surface area contributed by atoms with E-state index in [1.54, 1.807) is 6.33 Å². The van der Waals surface area contributed by atoms with Crippen molar-refractivity contribution in [2.75, 3.05) is 41.7 Å². The summed E-state index contributed by atoms with van der Waals surface area (Å²) in [6.07, 6.45) is 2.75. The van der Waals surface area contributed by atoms with E-state index in [9.17, 15) is 0 Å². The number of thioether (sulfide) groups is 1. The Morgan fingerprint density at radius 1 is 1.00 bits per heavy atom. The number of aryl methyl sites for hydroxylation is 2. The largest absolute Gasteiger partial charge is 0.356 e. The van der Waals surface area contributed by atoms with Crippen molar-refractivity contribution in [3.63, 3.8) is 0 Å². The minimum Gasteiger partial charge on any atom is -0.356 e. The number of aromatic nitrogens is 4. The molecule has 0 N–H and O–H groups in total. The van der Waals surface area contributed by atoms with Crippen molar-refractivity contribution in [2.24, 2.45) is 11.8 Å². The number of anilines is 2. The van der Waals surface area contributed by atoms with Crippen LogP contribution in [-0.2, 0) is 12.2 Å². The smallest absolute Gasteiger partial charge is 0.151 e. The van der Waals surface area contributed by atoms with E-state index in [1.807, 2.05) is 11.8 Å². The molecule has 3 aliphatic rings. The molecule has 0 aliphatic carbocycles. The second-order valence-electron chi connectivity index (χ2n) is 7.71. The maximum absolute atomic E-state index is 4.55. The summed E-state index contributed by atoms with van der Waals surface area (Å²) in [7, 11) is 0. The molecule has 0 radical (unpaired) electrons. The Morgan fingerprint density at radius 2 is 1.77 bits per heavy atom. The van der Waals surface area contributed by atoms with Crippen LogP contribution >= 0.6 is 11.8 Å². The first-order valence-electron chi connectivity index (χ1n) is 9.40. The third-order valence-corrected chi connectivity index (χ3v) is 7.12. The van der Waals surface area contributed by atoms with Crippen molar-refractivity contribution in [1.29, 1.82) is 0 Å². The zero-order valence-electron chi connectivity index (χ0n) is 15.4. The van der Waals surface area contributed by atoms with Crippen molar-refractivity contribution >= 4 is 23.4 Å². The van der Waals surface area contributed by atoms with Gasteiger partial charge in [-0.1, -0.05) is 0 Å². The molecule has 7 heteroatoms. The molecule has 3 aliphatic heterocycles. The number of fused-ring (bicyclic) bond motifs is 2. The lowest BCUT2D eigenvalue weighted by molar-refractivity contribution is 0.533. The van der Waals surface area contributed by atoms with Crippen molar-refractivity contribution in [3.05, 3.63) is 34.9 Å². The molecule has 2 atom stereocenters. The van der Waals surface area contributed by atoms with Crippen LogP contribution in [0.5, 0.6) is 0 Å². The normalized spacial score (nSPS) is 24.7. The third kappa shape index (κ3) is 2.73. The molecular formula is C19H24N6S. The lowest BCUT2D eigenvalue weighted by atomic mass is 10.0. The molecule has 2 aromatic rings. The number of hydrogen-bond acceptors (Lipinski definition) is 7. The summed E-state index contributed by atoms with van der Waals surface area (Å²) in [5.41, 5.74) is 4.88. The molecule has 5 heterocycles. The topological polar surface area (TPSA) is 58.0 Å². The van der Waals surface area contributed by atoms with Gasteiger partial charge in [0, 0.05) is 61.4 Å². The lowest BCUT2D eigenvalue weighted by Crippen LogP contribution is -2.30. The molecule has 26 heavy (non-hydrogen) atoms. The zero-order chi connectivity index (χ0) is 17.7. The number of hydrogen-bond donors (Lipinski definition) is 0. The van der Waals surface area contributed by atoms with Crippen LogP contribution in [0.25, 0.3) is 0 Å². The standard InChI is InChI=1S/C19H24N6S/c1-12-13(2)20-11-21-19(12)25-8-15-6-24(7-16(15)9-25)18-5-14-10-26-4-3-17(14)22-23-18/h5,11,15-16H,3-4,6-10H2,1-2H3. The highest BCUT2D eigenvalue weighted by molar-refractivity contribution is 7.98. The van der Waals surface area contributed by atoms with Gasteiger partial charge in [0.25, 0.3) is 0 Å². The summed E-state index contributed by atoms with van der Waals surface area (Å²) in [6.45, 7) is 8.49. The van der Waals surface area contributed by atoms with Crippen LogP contribution in [-0.4, -0.2) is 52.1 Å². The molecule has 2 fully saturated rings. The fraction of sp³-hybridized carbons (Fsp3) is 0.579. The van der Waals surface area contributed by atoms with Crippen molar-refractivity contribution in [2.45, 2.75) is 26.0 Å². The van der Waals surface area contributed by atoms with Crippen molar-refractivity contribution < 1.29 is 0 Å². The van der Waals surface area contributed by atoms with Crippen molar-refractivity contribution in [3.8, 4) is 0 Å². The first kappa shape index (κ1) is 16.3. The van der Waals surface area contributed by atoms with Gasteiger partial charge in [-0.05, 0) is 31.2 Å². The van der Waals surface area contributed by atoms with Gasteiger partial charge in [0.1, 0.15) is 12.1 Å². The van der Waals surface area contributed by atoms with Gasteiger partial charge in [0.05, 0.1) is 5.69 Å². The van der Waals surface area contributed by atoms with E-state index in [2.05, 4.69) is 49.9 Å². The molecule has 2 aromatic heterocycles. The van der Waals surface area contributed by atoms with E-state index in [4.69, 9.17) is 0 Å². The molecule has 0 saturated carbocycles. The molecule has 6 nitrogen and oxygen atoms in total. The Morgan fingerprint density at radius 3 is 2.58 bits per heavy atom. The first-order valence-corrected chi connectivity index (χ1v) is 10.6. The van der Waals surface area contributed by atoms with E-state index in [0.29, 0.717) is 11.8 Å². The predicted molar refractivity (Wildman–Crippen MR) is 105 cm³/mol. The Bertz CT molecular complexity index is 827. The van der Waals surface area contributed by atoms with E-state index in [0.717, 1.165) is 55.7 Å². The monoisotopic (exact) mass is 368 g/mol. The Labute approximate surface area is 158 Å². The van der Waals surface area contributed by atoms with Gasteiger partial charge in [-0.15, -0.1) is 5.10 Å². The van der Waals surface area contributed by atoms with Crippen LogP contribution in [0.2, 0.25) is 0 Å². The molecule has 0 bridgehead atoms. The van der Waals surface area contributed by atoms with Gasteiger partial charge in [0.2, 0.25) is 0 Å². The van der Waals surface area contributed by atoms with E-state index >= 15 is 0 Å². The molecule has 2 saturated heterocycles. The Balaban J connectivity index is 1.31. The fourth-order valence-corrected chi connectivity index (χ4v) is 5.43. The van der Waals surface area contributed by atoms with Crippen LogP contribution < -0.4 is 9.80 Å². The molecule has 5 rings (SSSR count). The summed E-state index contributed by atoms with van der Waals surface area (Å²) in [5.74, 6) is 5.80. The summed E-state index contributed by atoms with van der Waals surface area (Å²) in [6, 6.07) is 2.28. The van der Waals surface area contributed by atoms with Crippen LogP contribution in [0.15, 0.2) is 12.4 Å². The number of nitrogens with zero attached hydrogens (tertiary/aromatic N) is 6. The molecule has 0 amide bonds.